The van der Waals surface area contributed by atoms with Crippen molar-refractivity contribution in [2.75, 3.05) is 36.8 Å². The predicted octanol–water partition coefficient (Wildman–Crippen LogP) is -0.424. The fourth-order valence-corrected chi connectivity index (χ4v) is 2.70. The number of nitrogens with zero attached hydrogens (tertiary/aromatic N) is 3. The molecule has 0 bridgehead atoms. The molecule has 2 saturated heterocycles. The van der Waals surface area contributed by atoms with Gasteiger partial charge in [-0.25, -0.2) is 14.6 Å². The number of aromatic nitrogens is 1. The van der Waals surface area contributed by atoms with Crippen molar-refractivity contribution in [3.8, 4) is 0 Å². The van der Waals surface area contributed by atoms with Crippen LogP contribution in [-0.2, 0) is 0 Å². The van der Waals surface area contributed by atoms with E-state index in [9.17, 15) is 9.59 Å². The smallest absolute Gasteiger partial charge is 0.337 e. The van der Waals surface area contributed by atoms with Crippen molar-refractivity contribution < 1.29 is 14.7 Å². The van der Waals surface area contributed by atoms with E-state index in [0.29, 0.717) is 32.0 Å². The number of hydrogen-bond acceptors (Lipinski definition) is 5. The van der Waals surface area contributed by atoms with Crippen LogP contribution in [0, 0.1) is 0 Å². The molecule has 0 aromatic carbocycles. The molecule has 8 heteroatoms. The summed E-state index contributed by atoms with van der Waals surface area (Å²) in [5.41, 5.74) is 6.12. The van der Waals surface area contributed by atoms with E-state index in [1.54, 1.807) is 4.90 Å². The van der Waals surface area contributed by atoms with Crippen LogP contribution in [0.2, 0.25) is 0 Å². The third kappa shape index (κ3) is 1.89. The highest BCUT2D eigenvalue weighted by atomic mass is 16.4. The Morgan fingerprint density at radius 2 is 2.30 bits per heavy atom. The number of carbonyl (C=O) groups excluding carboxylic acids is 1. The van der Waals surface area contributed by atoms with Crippen molar-refractivity contribution in [1.82, 2.24) is 15.2 Å². The number of nitrogens with one attached hydrogen (secondary N) is 1. The molecule has 106 valence electrons. The molecule has 3 rings (SSSR count). The zero-order chi connectivity index (χ0) is 14.3. The van der Waals surface area contributed by atoms with E-state index in [4.69, 9.17) is 10.8 Å². The fraction of sp³-hybridized carbons (Fsp3) is 0.417. The van der Waals surface area contributed by atoms with Gasteiger partial charge in [0.2, 0.25) is 0 Å². The minimum atomic E-state index is -1.07. The van der Waals surface area contributed by atoms with Crippen LogP contribution in [0.15, 0.2) is 12.3 Å². The van der Waals surface area contributed by atoms with E-state index in [2.05, 4.69) is 10.3 Å². The number of rotatable bonds is 2. The summed E-state index contributed by atoms with van der Waals surface area (Å²) in [4.78, 5) is 30.5. The molecule has 4 N–H and O–H groups in total. The number of nitrogen functional groups attached to an aromatic ring is 1. The zero-order valence-corrected chi connectivity index (χ0v) is 10.7. The molecule has 0 saturated carbocycles. The molecule has 8 nitrogen and oxygen atoms in total. The zero-order valence-electron chi connectivity index (χ0n) is 10.7. The Labute approximate surface area is 115 Å². The van der Waals surface area contributed by atoms with Crippen LogP contribution in [0.25, 0.3) is 0 Å². The Hall–Kier alpha value is -2.51. The molecule has 1 atom stereocenters. The second-order valence-corrected chi connectivity index (χ2v) is 4.88. The lowest BCUT2D eigenvalue weighted by Crippen LogP contribution is -2.52. The summed E-state index contributed by atoms with van der Waals surface area (Å²) < 4.78 is 0. The van der Waals surface area contributed by atoms with Gasteiger partial charge in [-0.3, -0.25) is 0 Å². The van der Waals surface area contributed by atoms with Crippen molar-refractivity contribution in [2.24, 2.45) is 0 Å². The predicted molar refractivity (Wildman–Crippen MR) is 71.7 cm³/mol. The van der Waals surface area contributed by atoms with Gasteiger partial charge in [-0.1, -0.05) is 0 Å². The third-order valence-corrected chi connectivity index (χ3v) is 3.73. The maximum Gasteiger partial charge on any atom is 0.337 e. The molecule has 1 unspecified atom stereocenters. The van der Waals surface area contributed by atoms with Crippen LogP contribution >= 0.6 is 0 Å². The molecular formula is C12H15N5O3. The van der Waals surface area contributed by atoms with E-state index >= 15 is 0 Å². The second kappa shape index (κ2) is 4.55. The summed E-state index contributed by atoms with van der Waals surface area (Å²) in [5.74, 6) is -0.591. The van der Waals surface area contributed by atoms with Crippen molar-refractivity contribution >= 4 is 23.5 Å². The number of anilines is 2. The Morgan fingerprint density at radius 3 is 3.05 bits per heavy atom. The van der Waals surface area contributed by atoms with Gasteiger partial charge < -0.3 is 26.0 Å². The number of pyridine rings is 1. The summed E-state index contributed by atoms with van der Waals surface area (Å²) in [6.45, 7) is 2.35. The van der Waals surface area contributed by atoms with Crippen LogP contribution in [0.4, 0.5) is 16.3 Å². The lowest BCUT2D eigenvalue weighted by molar-refractivity contribution is 0.0698. The average molecular weight is 277 g/mol. The Kier molecular flexibility index (Phi) is 2.85. The average Bonchev–Trinajstić information content (AvgIpc) is 2.80. The molecule has 0 aliphatic carbocycles. The summed E-state index contributed by atoms with van der Waals surface area (Å²) in [6.07, 6.45) is 1.44. The quantitative estimate of drug-likeness (QED) is 0.676. The minimum absolute atomic E-state index is 0.0464. The van der Waals surface area contributed by atoms with Gasteiger partial charge in [0.05, 0.1) is 17.3 Å². The number of carbonyl (C=O) groups is 2. The largest absolute Gasteiger partial charge is 0.478 e. The van der Waals surface area contributed by atoms with E-state index in [0.717, 1.165) is 0 Å². The molecule has 3 heterocycles. The van der Waals surface area contributed by atoms with Gasteiger partial charge in [0.15, 0.2) is 5.82 Å². The standard InChI is InChI=1S/C12H15N5O3/c13-9-8(11(18)19)1-2-14-10(9)16-3-4-17-7(6-16)5-15-12(17)20/h1-2,7H,3-6,13H2,(H,15,20)(H,18,19). The van der Waals surface area contributed by atoms with Crippen molar-refractivity contribution in [2.45, 2.75) is 6.04 Å². The van der Waals surface area contributed by atoms with E-state index in [1.165, 1.54) is 12.3 Å². The number of aromatic carboxylic acids is 1. The Morgan fingerprint density at radius 1 is 1.50 bits per heavy atom. The van der Waals surface area contributed by atoms with E-state index in [1.807, 2.05) is 4.90 Å². The van der Waals surface area contributed by atoms with Crippen LogP contribution in [0.1, 0.15) is 10.4 Å². The SMILES string of the molecule is Nc1c(C(=O)O)ccnc1N1CCN2C(=O)NCC2C1. The minimum Gasteiger partial charge on any atom is -0.478 e. The first-order chi connectivity index (χ1) is 9.58. The molecule has 1 aromatic rings. The van der Waals surface area contributed by atoms with Gasteiger partial charge in [0.25, 0.3) is 0 Å². The maximum absolute atomic E-state index is 11.5. The first-order valence-corrected chi connectivity index (χ1v) is 6.35. The number of carboxylic acid groups (broad SMARTS) is 1. The summed E-state index contributed by atoms with van der Waals surface area (Å²) in [5, 5.41) is 11.9. The summed E-state index contributed by atoms with van der Waals surface area (Å²) >= 11 is 0. The van der Waals surface area contributed by atoms with Gasteiger partial charge in [0.1, 0.15) is 0 Å². The molecule has 2 amide bonds. The molecule has 2 aliphatic rings. The Bertz CT molecular complexity index is 576. The summed E-state index contributed by atoms with van der Waals surface area (Å²) in [7, 11) is 0. The highest BCUT2D eigenvalue weighted by molar-refractivity contribution is 5.96. The molecule has 1 aromatic heterocycles. The van der Waals surface area contributed by atoms with Gasteiger partial charge in [0, 0.05) is 32.4 Å². The lowest BCUT2D eigenvalue weighted by Gasteiger charge is -2.37. The maximum atomic E-state index is 11.5. The van der Waals surface area contributed by atoms with Crippen molar-refractivity contribution in [3.63, 3.8) is 0 Å². The fourth-order valence-electron chi connectivity index (χ4n) is 2.70. The van der Waals surface area contributed by atoms with Crippen LogP contribution in [0.3, 0.4) is 0 Å². The number of fused-ring (bicyclic) bond motifs is 1. The topological polar surface area (TPSA) is 112 Å². The van der Waals surface area contributed by atoms with E-state index in [-0.39, 0.29) is 23.3 Å². The number of nitrogens with two attached hydrogens (primary N) is 1. The number of amides is 2. The highest BCUT2D eigenvalue weighted by Crippen LogP contribution is 2.27. The number of urea groups is 1. The van der Waals surface area contributed by atoms with Gasteiger partial charge in [-0.05, 0) is 6.07 Å². The number of hydrogen-bond donors (Lipinski definition) is 3. The molecule has 0 radical (unpaired) electrons. The summed E-state index contributed by atoms with van der Waals surface area (Å²) in [6, 6.07) is 1.42. The number of piperazine rings is 1. The first-order valence-electron chi connectivity index (χ1n) is 6.35. The van der Waals surface area contributed by atoms with Crippen LogP contribution in [-0.4, -0.2) is 59.2 Å². The molecule has 0 spiro atoms. The van der Waals surface area contributed by atoms with Gasteiger partial charge >= 0.3 is 12.0 Å². The van der Waals surface area contributed by atoms with E-state index < -0.39 is 5.97 Å². The third-order valence-electron chi connectivity index (χ3n) is 3.73. The van der Waals surface area contributed by atoms with Crippen molar-refractivity contribution in [1.29, 1.82) is 0 Å². The highest BCUT2D eigenvalue weighted by Gasteiger charge is 2.36. The number of carboxylic acids is 1. The van der Waals surface area contributed by atoms with Gasteiger partial charge in [-0.2, -0.15) is 0 Å². The first kappa shape index (κ1) is 12.5. The normalized spacial score (nSPS) is 21.6. The second-order valence-electron chi connectivity index (χ2n) is 4.88. The monoisotopic (exact) mass is 277 g/mol. The lowest BCUT2D eigenvalue weighted by atomic mass is 10.1. The molecule has 2 fully saturated rings. The van der Waals surface area contributed by atoms with Gasteiger partial charge in [-0.15, -0.1) is 0 Å². The van der Waals surface area contributed by atoms with Crippen LogP contribution < -0.4 is 16.0 Å². The van der Waals surface area contributed by atoms with Crippen LogP contribution in [0.5, 0.6) is 0 Å². The molecular weight excluding hydrogens is 262 g/mol. The molecule has 2 aliphatic heterocycles. The Balaban J connectivity index is 1.86. The van der Waals surface area contributed by atoms with Crippen molar-refractivity contribution in [3.05, 3.63) is 17.8 Å². The molecule has 20 heavy (non-hydrogen) atoms.